The van der Waals surface area contributed by atoms with Crippen LogP contribution in [0.4, 0.5) is 23.0 Å². The lowest BCUT2D eigenvalue weighted by Gasteiger charge is -2.57. The Morgan fingerprint density at radius 3 is 2.38 bits per heavy atom. The van der Waals surface area contributed by atoms with Crippen LogP contribution in [0.2, 0.25) is 0 Å². The van der Waals surface area contributed by atoms with E-state index in [1.54, 1.807) is 13.2 Å². The van der Waals surface area contributed by atoms with Crippen LogP contribution in [-0.4, -0.2) is 27.5 Å². The molecule has 29 heavy (non-hydrogen) atoms. The molecule has 0 spiro atoms. The average Bonchev–Trinajstić information content (AvgIpc) is 2.66. The van der Waals surface area contributed by atoms with Gasteiger partial charge in [-0.2, -0.15) is 0 Å². The predicted molar refractivity (Wildman–Crippen MR) is 109 cm³/mol. The van der Waals surface area contributed by atoms with Crippen LogP contribution in [0.15, 0.2) is 30.6 Å². The molecular formula is C21H25N5O3. The summed E-state index contributed by atoms with van der Waals surface area (Å²) in [5, 5.41) is 18.6. The third-order valence-electron chi connectivity index (χ3n) is 6.76. The van der Waals surface area contributed by atoms with Crippen molar-refractivity contribution in [2.24, 2.45) is 17.8 Å². The van der Waals surface area contributed by atoms with E-state index in [9.17, 15) is 10.1 Å². The van der Waals surface area contributed by atoms with Crippen LogP contribution in [0.5, 0.6) is 5.75 Å². The number of nitrogens with one attached hydrogen (secondary N) is 2. The normalized spacial score (nSPS) is 29.5. The summed E-state index contributed by atoms with van der Waals surface area (Å²) >= 11 is 0. The second-order valence-electron chi connectivity index (χ2n) is 8.86. The van der Waals surface area contributed by atoms with E-state index in [1.807, 2.05) is 18.2 Å². The summed E-state index contributed by atoms with van der Waals surface area (Å²) in [6, 6.07) is 7.24. The van der Waals surface area contributed by atoms with Crippen molar-refractivity contribution in [2.45, 2.75) is 44.1 Å². The number of nitro groups is 1. The molecule has 4 aliphatic carbocycles. The van der Waals surface area contributed by atoms with E-state index in [1.165, 1.54) is 25.6 Å². The van der Waals surface area contributed by atoms with Crippen molar-refractivity contribution in [3.63, 3.8) is 0 Å². The lowest BCUT2D eigenvalue weighted by molar-refractivity contribution is -0.383. The van der Waals surface area contributed by atoms with Gasteiger partial charge in [0, 0.05) is 17.3 Å². The largest absolute Gasteiger partial charge is 0.497 e. The zero-order chi connectivity index (χ0) is 20.0. The van der Waals surface area contributed by atoms with E-state index in [4.69, 9.17) is 4.74 Å². The number of benzene rings is 1. The predicted octanol–water partition coefficient (Wildman–Crippen LogP) is 4.52. The molecule has 0 radical (unpaired) electrons. The van der Waals surface area contributed by atoms with Crippen molar-refractivity contribution in [3.8, 4) is 5.75 Å². The van der Waals surface area contributed by atoms with Crippen LogP contribution in [0.1, 0.15) is 38.5 Å². The number of hydrogen-bond donors (Lipinski definition) is 2. The van der Waals surface area contributed by atoms with Crippen molar-refractivity contribution < 1.29 is 9.66 Å². The van der Waals surface area contributed by atoms with Crippen LogP contribution in [-0.2, 0) is 0 Å². The van der Waals surface area contributed by atoms with Crippen LogP contribution in [0, 0.1) is 27.9 Å². The molecular weight excluding hydrogens is 370 g/mol. The summed E-state index contributed by atoms with van der Waals surface area (Å²) in [4.78, 5) is 20.0. The molecule has 0 amide bonds. The fourth-order valence-electron chi connectivity index (χ4n) is 6.09. The van der Waals surface area contributed by atoms with E-state index >= 15 is 0 Å². The van der Waals surface area contributed by atoms with Crippen LogP contribution < -0.4 is 15.4 Å². The summed E-state index contributed by atoms with van der Waals surface area (Å²) < 4.78 is 5.23. The molecule has 0 unspecified atom stereocenters. The number of rotatable bonds is 6. The molecule has 4 fully saturated rings. The van der Waals surface area contributed by atoms with E-state index < -0.39 is 4.92 Å². The highest BCUT2D eigenvalue weighted by Gasteiger charge is 2.51. The zero-order valence-corrected chi connectivity index (χ0v) is 16.4. The van der Waals surface area contributed by atoms with Crippen molar-refractivity contribution in [1.29, 1.82) is 0 Å². The third-order valence-corrected chi connectivity index (χ3v) is 6.76. The van der Waals surface area contributed by atoms with Crippen molar-refractivity contribution >= 4 is 23.0 Å². The van der Waals surface area contributed by atoms with Gasteiger partial charge in [-0.3, -0.25) is 10.1 Å². The molecule has 4 aliphatic rings. The molecule has 1 aromatic heterocycles. The number of anilines is 3. The Bertz CT molecular complexity index is 912. The maximum Gasteiger partial charge on any atom is 0.353 e. The Kier molecular flexibility index (Phi) is 4.29. The Balaban J connectivity index is 1.46. The van der Waals surface area contributed by atoms with Crippen molar-refractivity contribution in [2.75, 3.05) is 17.7 Å². The van der Waals surface area contributed by atoms with Gasteiger partial charge in [0.1, 0.15) is 12.1 Å². The van der Waals surface area contributed by atoms with E-state index in [2.05, 4.69) is 20.6 Å². The molecule has 2 N–H and O–H groups in total. The van der Waals surface area contributed by atoms with Gasteiger partial charge in [-0.1, -0.05) is 6.07 Å². The molecule has 152 valence electrons. The quantitative estimate of drug-likeness (QED) is 0.548. The number of methoxy groups -OCH3 is 1. The second kappa shape index (κ2) is 6.86. The molecule has 6 rings (SSSR count). The standard InChI is InChI=1S/C21H25N5O3/c1-29-17-4-2-3-16(8-17)24-19-18(26(27)28)20(23-12-22-19)25-21-9-13-5-14(10-21)7-15(6-13)11-21/h2-4,8,12-15H,5-7,9-11H2,1H3,(H2,22,23,24,25). The van der Waals surface area contributed by atoms with Crippen molar-refractivity contribution in [3.05, 3.63) is 40.7 Å². The molecule has 4 saturated carbocycles. The Morgan fingerprint density at radius 1 is 1.10 bits per heavy atom. The SMILES string of the molecule is COc1cccc(Nc2ncnc(NC34CC5CC(CC(C5)C3)C4)c2[N+](=O)[O-])c1. The molecule has 0 saturated heterocycles. The fraction of sp³-hybridized carbons (Fsp3) is 0.524. The minimum atomic E-state index is -0.397. The summed E-state index contributed by atoms with van der Waals surface area (Å²) in [5.74, 6) is 3.39. The molecule has 0 aliphatic heterocycles. The third kappa shape index (κ3) is 3.36. The van der Waals surface area contributed by atoms with Gasteiger partial charge >= 0.3 is 5.69 Å². The van der Waals surface area contributed by atoms with E-state index in [0.29, 0.717) is 17.3 Å². The summed E-state index contributed by atoms with van der Waals surface area (Å²) in [7, 11) is 1.58. The van der Waals surface area contributed by atoms with Gasteiger partial charge < -0.3 is 15.4 Å². The molecule has 0 atom stereocenters. The molecule has 1 aromatic carbocycles. The van der Waals surface area contributed by atoms with Crippen LogP contribution in [0.25, 0.3) is 0 Å². The van der Waals surface area contributed by atoms with Gasteiger partial charge in [0.15, 0.2) is 0 Å². The maximum atomic E-state index is 12.0. The van der Waals surface area contributed by atoms with E-state index in [-0.39, 0.29) is 17.0 Å². The first-order chi connectivity index (χ1) is 14.0. The van der Waals surface area contributed by atoms with Gasteiger partial charge in [0.25, 0.3) is 0 Å². The van der Waals surface area contributed by atoms with Gasteiger partial charge in [-0.15, -0.1) is 0 Å². The number of ether oxygens (including phenoxy) is 1. The van der Waals surface area contributed by atoms with Gasteiger partial charge in [-0.05, 0) is 68.4 Å². The Morgan fingerprint density at radius 2 is 1.76 bits per heavy atom. The number of hydrogen-bond acceptors (Lipinski definition) is 7. The first kappa shape index (κ1) is 18.1. The lowest BCUT2D eigenvalue weighted by Crippen LogP contribution is -2.55. The Hall–Kier alpha value is -2.90. The summed E-state index contributed by atoms with van der Waals surface area (Å²) in [6.07, 6.45) is 8.58. The van der Waals surface area contributed by atoms with Gasteiger partial charge in [0.2, 0.25) is 11.6 Å². The Labute approximate surface area is 169 Å². The van der Waals surface area contributed by atoms with Crippen LogP contribution in [0.3, 0.4) is 0 Å². The molecule has 8 nitrogen and oxygen atoms in total. The number of nitrogens with zero attached hydrogens (tertiary/aromatic N) is 3. The van der Waals surface area contributed by atoms with Crippen LogP contribution >= 0.6 is 0 Å². The summed E-state index contributed by atoms with van der Waals surface area (Å²) in [5.41, 5.74) is 0.499. The minimum Gasteiger partial charge on any atom is -0.497 e. The first-order valence-electron chi connectivity index (χ1n) is 10.2. The van der Waals surface area contributed by atoms with E-state index in [0.717, 1.165) is 37.0 Å². The summed E-state index contributed by atoms with van der Waals surface area (Å²) in [6.45, 7) is 0. The molecule has 1 heterocycles. The van der Waals surface area contributed by atoms with Gasteiger partial charge in [0.05, 0.1) is 12.0 Å². The highest BCUT2D eigenvalue weighted by Crippen LogP contribution is 2.57. The maximum absolute atomic E-state index is 12.0. The molecule has 4 bridgehead atoms. The smallest absolute Gasteiger partial charge is 0.353 e. The fourth-order valence-corrected chi connectivity index (χ4v) is 6.09. The highest BCUT2D eigenvalue weighted by atomic mass is 16.6. The van der Waals surface area contributed by atoms with Crippen molar-refractivity contribution in [1.82, 2.24) is 9.97 Å². The molecule has 2 aromatic rings. The lowest BCUT2D eigenvalue weighted by atomic mass is 9.53. The second-order valence-corrected chi connectivity index (χ2v) is 8.86. The minimum absolute atomic E-state index is 0.0684. The first-order valence-corrected chi connectivity index (χ1v) is 10.2. The monoisotopic (exact) mass is 395 g/mol. The molecule has 8 heteroatoms. The number of aromatic nitrogens is 2. The zero-order valence-electron chi connectivity index (χ0n) is 16.4. The topological polar surface area (TPSA) is 102 Å². The highest BCUT2D eigenvalue weighted by molar-refractivity contribution is 5.74. The van der Waals surface area contributed by atoms with Gasteiger partial charge in [-0.25, -0.2) is 9.97 Å². The average molecular weight is 395 g/mol.